The Kier molecular flexibility index (Phi) is 5.41. The van der Waals surface area contributed by atoms with Gasteiger partial charge in [-0.3, -0.25) is 9.48 Å². The highest BCUT2D eigenvalue weighted by Crippen LogP contribution is 2.25. The summed E-state index contributed by atoms with van der Waals surface area (Å²) in [4.78, 5) is 12.2. The predicted octanol–water partition coefficient (Wildman–Crippen LogP) is 4.12. The van der Waals surface area contributed by atoms with Crippen LogP contribution in [0.5, 0.6) is 0 Å². The minimum absolute atomic E-state index is 0.154. The van der Waals surface area contributed by atoms with Gasteiger partial charge in [-0.05, 0) is 45.1 Å². The average Bonchev–Trinajstić information content (AvgIpc) is 2.76. The number of nitrogens with zero attached hydrogens (tertiary/aromatic N) is 2. The van der Waals surface area contributed by atoms with E-state index in [1.54, 1.807) is 0 Å². The van der Waals surface area contributed by atoms with Crippen LogP contribution in [0.15, 0.2) is 11.6 Å². The Morgan fingerprint density at radius 1 is 1.30 bits per heavy atom. The van der Waals surface area contributed by atoms with Gasteiger partial charge in [0.05, 0.1) is 22.8 Å². The van der Waals surface area contributed by atoms with Gasteiger partial charge < -0.3 is 0 Å². The third-order valence-corrected chi connectivity index (χ3v) is 4.33. The Morgan fingerprint density at radius 3 is 2.60 bits per heavy atom. The molecule has 0 amide bonds. The fourth-order valence-electron chi connectivity index (χ4n) is 2.78. The van der Waals surface area contributed by atoms with E-state index in [4.69, 9.17) is 11.6 Å². The monoisotopic (exact) mass is 294 g/mol. The van der Waals surface area contributed by atoms with Gasteiger partial charge in [-0.1, -0.05) is 30.5 Å². The van der Waals surface area contributed by atoms with Crippen LogP contribution in [0, 0.1) is 0 Å². The van der Waals surface area contributed by atoms with E-state index in [-0.39, 0.29) is 5.78 Å². The predicted molar refractivity (Wildman–Crippen MR) is 82.2 cm³/mol. The number of aromatic nitrogens is 2. The second-order valence-corrected chi connectivity index (χ2v) is 5.76. The van der Waals surface area contributed by atoms with Crippen LogP contribution in [0.4, 0.5) is 0 Å². The van der Waals surface area contributed by atoms with E-state index in [9.17, 15) is 4.79 Å². The highest BCUT2D eigenvalue weighted by molar-refractivity contribution is 6.32. The second kappa shape index (κ2) is 7.07. The Hall–Kier alpha value is -1.09. The summed E-state index contributed by atoms with van der Waals surface area (Å²) in [6.45, 7) is 4.80. The quantitative estimate of drug-likeness (QED) is 0.766. The van der Waals surface area contributed by atoms with Crippen molar-refractivity contribution in [2.75, 3.05) is 0 Å². The lowest BCUT2D eigenvalue weighted by molar-refractivity contribution is -0.114. The van der Waals surface area contributed by atoms with Crippen molar-refractivity contribution in [2.45, 2.75) is 65.3 Å². The van der Waals surface area contributed by atoms with Crippen LogP contribution in [0.1, 0.15) is 57.3 Å². The van der Waals surface area contributed by atoms with Crippen molar-refractivity contribution in [2.24, 2.45) is 0 Å². The van der Waals surface area contributed by atoms with Gasteiger partial charge in [-0.2, -0.15) is 5.10 Å². The van der Waals surface area contributed by atoms with E-state index in [0.717, 1.165) is 37.2 Å². The lowest BCUT2D eigenvalue weighted by Crippen LogP contribution is -2.09. The molecule has 0 saturated heterocycles. The highest BCUT2D eigenvalue weighted by Gasteiger charge is 2.17. The molecule has 0 radical (unpaired) electrons. The molecule has 2 rings (SSSR count). The number of carbonyl (C=O) groups is 1. The molecule has 1 aliphatic rings. The molecule has 0 aliphatic heterocycles. The van der Waals surface area contributed by atoms with Crippen LogP contribution >= 0.6 is 11.6 Å². The Labute approximate surface area is 126 Å². The van der Waals surface area contributed by atoms with Gasteiger partial charge in [0, 0.05) is 6.54 Å². The van der Waals surface area contributed by atoms with E-state index < -0.39 is 0 Å². The van der Waals surface area contributed by atoms with Crippen molar-refractivity contribution < 1.29 is 4.79 Å². The van der Waals surface area contributed by atoms with E-state index in [1.165, 1.54) is 24.8 Å². The lowest BCUT2D eigenvalue weighted by atomic mass is 9.93. The molecule has 1 aromatic rings. The molecule has 110 valence electrons. The van der Waals surface area contributed by atoms with E-state index in [0.29, 0.717) is 11.4 Å². The zero-order valence-electron chi connectivity index (χ0n) is 12.4. The van der Waals surface area contributed by atoms with Gasteiger partial charge in [-0.25, -0.2) is 0 Å². The number of allylic oxidation sites excluding steroid dienone is 2. The standard InChI is InChI=1S/C16H23ClN2O/c1-3-14-16(17)15(19(4-2)18-14)11-13(20)10-12-8-6-5-7-9-12/h10H,3-9,11H2,1-2H3. The summed E-state index contributed by atoms with van der Waals surface area (Å²) < 4.78 is 1.86. The van der Waals surface area contributed by atoms with Crippen molar-refractivity contribution in [3.63, 3.8) is 0 Å². The van der Waals surface area contributed by atoms with Gasteiger partial charge in [-0.15, -0.1) is 0 Å². The van der Waals surface area contributed by atoms with Crippen molar-refractivity contribution in [3.8, 4) is 0 Å². The summed E-state index contributed by atoms with van der Waals surface area (Å²) in [7, 11) is 0. The largest absolute Gasteiger partial charge is 0.294 e. The number of carbonyl (C=O) groups excluding carboxylic acids is 1. The fraction of sp³-hybridized carbons (Fsp3) is 0.625. The maximum absolute atomic E-state index is 12.2. The van der Waals surface area contributed by atoms with E-state index >= 15 is 0 Å². The lowest BCUT2D eigenvalue weighted by Gasteiger charge is -2.13. The molecule has 0 N–H and O–H groups in total. The van der Waals surface area contributed by atoms with Gasteiger partial charge in [0.2, 0.25) is 0 Å². The molecule has 1 heterocycles. The van der Waals surface area contributed by atoms with Crippen molar-refractivity contribution >= 4 is 17.4 Å². The molecule has 0 bridgehead atoms. The number of ketones is 1. The molecule has 4 heteroatoms. The number of hydrogen-bond donors (Lipinski definition) is 0. The molecule has 1 saturated carbocycles. The third-order valence-electron chi connectivity index (χ3n) is 3.90. The van der Waals surface area contributed by atoms with Crippen LogP contribution in [-0.4, -0.2) is 15.6 Å². The molecule has 20 heavy (non-hydrogen) atoms. The summed E-state index contributed by atoms with van der Waals surface area (Å²) in [5.41, 5.74) is 3.06. The molecule has 1 aliphatic carbocycles. The smallest absolute Gasteiger partial charge is 0.161 e. The molecule has 0 aromatic carbocycles. The van der Waals surface area contributed by atoms with Gasteiger partial charge >= 0.3 is 0 Å². The minimum Gasteiger partial charge on any atom is -0.294 e. The molecular weight excluding hydrogens is 272 g/mol. The van der Waals surface area contributed by atoms with Crippen LogP contribution in [0.2, 0.25) is 5.02 Å². The molecule has 1 aromatic heterocycles. The number of halogens is 1. The molecule has 0 unspecified atom stereocenters. The van der Waals surface area contributed by atoms with Crippen LogP contribution in [0.3, 0.4) is 0 Å². The Balaban J connectivity index is 2.12. The summed E-state index contributed by atoms with van der Waals surface area (Å²) in [6, 6.07) is 0. The average molecular weight is 295 g/mol. The first-order valence-corrected chi connectivity index (χ1v) is 7.99. The first kappa shape index (κ1) is 15.3. The molecule has 3 nitrogen and oxygen atoms in total. The Bertz CT molecular complexity index is 509. The second-order valence-electron chi connectivity index (χ2n) is 5.38. The Morgan fingerprint density at radius 2 is 2.00 bits per heavy atom. The van der Waals surface area contributed by atoms with Crippen molar-refractivity contribution in [3.05, 3.63) is 28.1 Å². The normalized spacial score (nSPS) is 15.4. The summed E-state index contributed by atoms with van der Waals surface area (Å²) in [6.07, 6.45) is 8.88. The maximum Gasteiger partial charge on any atom is 0.161 e. The molecule has 0 spiro atoms. The zero-order chi connectivity index (χ0) is 14.5. The molecule has 0 atom stereocenters. The summed E-state index contributed by atoms with van der Waals surface area (Å²) in [5, 5.41) is 5.13. The number of rotatable bonds is 5. The third kappa shape index (κ3) is 3.51. The minimum atomic E-state index is 0.154. The first-order chi connectivity index (χ1) is 9.65. The van der Waals surface area contributed by atoms with E-state index in [1.807, 2.05) is 24.6 Å². The highest BCUT2D eigenvalue weighted by atomic mass is 35.5. The van der Waals surface area contributed by atoms with Gasteiger partial charge in [0.15, 0.2) is 5.78 Å². The first-order valence-electron chi connectivity index (χ1n) is 7.62. The van der Waals surface area contributed by atoms with Crippen LogP contribution < -0.4 is 0 Å². The van der Waals surface area contributed by atoms with Crippen LogP contribution in [0.25, 0.3) is 0 Å². The number of aryl methyl sites for hydroxylation is 2. The van der Waals surface area contributed by atoms with Gasteiger partial charge in [0.1, 0.15) is 0 Å². The van der Waals surface area contributed by atoms with E-state index in [2.05, 4.69) is 5.10 Å². The number of hydrogen-bond acceptors (Lipinski definition) is 2. The van der Waals surface area contributed by atoms with Crippen molar-refractivity contribution in [1.82, 2.24) is 9.78 Å². The molecular formula is C16H23ClN2O. The zero-order valence-corrected chi connectivity index (χ0v) is 13.2. The SMILES string of the molecule is CCc1nn(CC)c(CC(=O)C=C2CCCCC2)c1Cl. The maximum atomic E-state index is 12.2. The molecule has 1 fully saturated rings. The van der Waals surface area contributed by atoms with Crippen molar-refractivity contribution in [1.29, 1.82) is 0 Å². The topological polar surface area (TPSA) is 34.9 Å². The summed E-state index contributed by atoms with van der Waals surface area (Å²) in [5.74, 6) is 0.154. The summed E-state index contributed by atoms with van der Waals surface area (Å²) >= 11 is 6.34. The van der Waals surface area contributed by atoms with Crippen LogP contribution in [-0.2, 0) is 24.2 Å². The van der Waals surface area contributed by atoms with Gasteiger partial charge in [0.25, 0.3) is 0 Å². The fourth-order valence-corrected chi connectivity index (χ4v) is 3.12.